The van der Waals surface area contributed by atoms with Crippen LogP contribution in [0.15, 0.2) is 0 Å². The summed E-state index contributed by atoms with van der Waals surface area (Å²) in [6.45, 7) is 6.45. The Hall–Kier alpha value is -2.53. The minimum Gasteiger partial charge on any atom is -0.463 e. The van der Waals surface area contributed by atoms with E-state index < -0.39 is 72.4 Å². The smallest absolute Gasteiger partial charge is 0.303 e. The Morgan fingerprint density at radius 1 is 1.00 bits per heavy atom. The van der Waals surface area contributed by atoms with Crippen molar-refractivity contribution in [3.05, 3.63) is 0 Å². The SMILES string of the molecule is CC(=O)OC[C@H]1O[C@@H](O)[C@H](N2C(=O)CC(C)(C)CC2=O)[C@@H](OC(C)=O)[C@@H]1OC(C)=O. The van der Waals surface area contributed by atoms with Crippen LogP contribution in [0.3, 0.4) is 0 Å². The number of hydrogen-bond donors (Lipinski definition) is 1. The third kappa shape index (κ3) is 5.54. The number of ether oxygens (including phenoxy) is 4. The van der Waals surface area contributed by atoms with Crippen LogP contribution >= 0.6 is 0 Å². The van der Waals surface area contributed by atoms with Crippen LogP contribution in [-0.2, 0) is 42.9 Å². The summed E-state index contributed by atoms with van der Waals surface area (Å²) in [4.78, 5) is 60.9. The van der Waals surface area contributed by atoms with Gasteiger partial charge in [-0.15, -0.1) is 0 Å². The summed E-state index contributed by atoms with van der Waals surface area (Å²) in [5.41, 5.74) is -0.574. The molecule has 5 atom stereocenters. The monoisotopic (exact) mass is 429 g/mol. The Bertz CT molecular complexity index is 713. The summed E-state index contributed by atoms with van der Waals surface area (Å²) in [5, 5.41) is 10.6. The van der Waals surface area contributed by atoms with Gasteiger partial charge in [-0.3, -0.25) is 28.9 Å². The number of carbonyl (C=O) groups excluding carboxylic acids is 5. The third-order valence-corrected chi connectivity index (χ3v) is 4.78. The average Bonchev–Trinajstić information content (AvgIpc) is 2.55. The summed E-state index contributed by atoms with van der Waals surface area (Å²) < 4.78 is 20.9. The Labute approximate surface area is 173 Å². The molecule has 0 radical (unpaired) electrons. The maximum absolute atomic E-state index is 12.7. The van der Waals surface area contributed by atoms with Crippen LogP contribution in [0.1, 0.15) is 47.5 Å². The molecule has 0 saturated carbocycles. The van der Waals surface area contributed by atoms with Crippen molar-refractivity contribution in [3.8, 4) is 0 Å². The molecule has 0 unspecified atom stereocenters. The number of aliphatic hydroxyl groups excluding tert-OH is 1. The van der Waals surface area contributed by atoms with Crippen molar-refractivity contribution in [2.75, 3.05) is 6.61 Å². The van der Waals surface area contributed by atoms with E-state index in [9.17, 15) is 29.1 Å². The number of aliphatic hydroxyl groups is 1. The lowest BCUT2D eigenvalue weighted by atomic mass is 9.80. The first-order valence-corrected chi connectivity index (χ1v) is 9.48. The van der Waals surface area contributed by atoms with Crippen LogP contribution < -0.4 is 0 Å². The van der Waals surface area contributed by atoms with Gasteiger partial charge in [0.05, 0.1) is 0 Å². The van der Waals surface area contributed by atoms with E-state index in [-0.39, 0.29) is 12.8 Å². The molecule has 2 saturated heterocycles. The molecule has 0 aromatic heterocycles. The lowest BCUT2D eigenvalue weighted by Crippen LogP contribution is -2.69. The van der Waals surface area contributed by atoms with E-state index in [1.165, 1.54) is 0 Å². The largest absolute Gasteiger partial charge is 0.463 e. The van der Waals surface area contributed by atoms with Gasteiger partial charge in [0.1, 0.15) is 18.8 Å². The second-order valence-electron chi connectivity index (χ2n) is 8.18. The number of esters is 3. The summed E-state index contributed by atoms with van der Waals surface area (Å²) >= 11 is 0. The Morgan fingerprint density at radius 3 is 1.97 bits per heavy atom. The van der Waals surface area contributed by atoms with Crippen LogP contribution in [0.2, 0.25) is 0 Å². The predicted octanol–water partition coefficient (Wildman–Crippen LogP) is -0.326. The van der Waals surface area contributed by atoms with Crippen LogP contribution in [-0.4, -0.2) is 77.0 Å². The highest BCUT2D eigenvalue weighted by Gasteiger charge is 2.56. The first-order valence-electron chi connectivity index (χ1n) is 9.48. The van der Waals surface area contributed by atoms with E-state index in [1.807, 2.05) is 0 Å². The van der Waals surface area contributed by atoms with Crippen molar-refractivity contribution < 1.29 is 48.0 Å². The van der Waals surface area contributed by atoms with E-state index in [0.29, 0.717) is 0 Å². The molecule has 11 nitrogen and oxygen atoms in total. The maximum atomic E-state index is 12.7. The lowest BCUT2D eigenvalue weighted by molar-refractivity contribution is -0.278. The van der Waals surface area contributed by atoms with Gasteiger partial charge in [-0.2, -0.15) is 0 Å². The molecule has 2 rings (SSSR count). The fraction of sp³-hybridized carbons (Fsp3) is 0.737. The Kier molecular flexibility index (Phi) is 7.19. The van der Waals surface area contributed by atoms with Gasteiger partial charge >= 0.3 is 17.9 Å². The average molecular weight is 429 g/mol. The van der Waals surface area contributed by atoms with Crippen LogP contribution in [0.4, 0.5) is 0 Å². The van der Waals surface area contributed by atoms with Crippen molar-refractivity contribution in [3.63, 3.8) is 0 Å². The highest BCUT2D eigenvalue weighted by atomic mass is 16.7. The second-order valence-corrected chi connectivity index (χ2v) is 8.18. The zero-order chi connectivity index (χ0) is 22.8. The van der Waals surface area contributed by atoms with Crippen LogP contribution in [0.25, 0.3) is 0 Å². The molecule has 11 heteroatoms. The van der Waals surface area contributed by atoms with Gasteiger partial charge < -0.3 is 24.1 Å². The van der Waals surface area contributed by atoms with Gasteiger partial charge in [0.2, 0.25) is 11.8 Å². The number of rotatable bonds is 5. The molecule has 0 bridgehead atoms. The van der Waals surface area contributed by atoms with Crippen LogP contribution in [0, 0.1) is 5.41 Å². The number of amides is 2. The summed E-state index contributed by atoms with van der Waals surface area (Å²) in [5.74, 6) is -3.37. The van der Waals surface area contributed by atoms with Gasteiger partial charge in [0, 0.05) is 33.6 Å². The second kappa shape index (κ2) is 9.09. The fourth-order valence-corrected chi connectivity index (χ4v) is 3.70. The highest BCUT2D eigenvalue weighted by Crippen LogP contribution is 2.36. The minimum atomic E-state index is -1.77. The minimum absolute atomic E-state index is 0.0177. The molecule has 2 fully saturated rings. The van der Waals surface area contributed by atoms with Crippen molar-refractivity contribution in [2.45, 2.75) is 78.1 Å². The summed E-state index contributed by atoms with van der Waals surface area (Å²) in [6.07, 6.45) is -5.69. The van der Waals surface area contributed by atoms with Crippen molar-refractivity contribution >= 4 is 29.7 Å². The molecule has 2 heterocycles. The van der Waals surface area contributed by atoms with Gasteiger partial charge in [-0.25, -0.2) is 0 Å². The number of hydrogen-bond acceptors (Lipinski definition) is 10. The lowest BCUT2D eigenvalue weighted by Gasteiger charge is -2.48. The molecule has 2 aliphatic heterocycles. The number of imide groups is 1. The highest BCUT2D eigenvalue weighted by molar-refractivity contribution is 5.99. The first-order chi connectivity index (χ1) is 13.8. The van der Waals surface area contributed by atoms with E-state index >= 15 is 0 Å². The van der Waals surface area contributed by atoms with E-state index in [1.54, 1.807) is 13.8 Å². The van der Waals surface area contributed by atoms with E-state index in [0.717, 1.165) is 25.7 Å². The predicted molar refractivity (Wildman–Crippen MR) is 97.3 cm³/mol. The zero-order valence-electron chi connectivity index (χ0n) is 17.6. The Morgan fingerprint density at radius 2 is 1.50 bits per heavy atom. The van der Waals surface area contributed by atoms with Gasteiger partial charge in [-0.05, 0) is 5.41 Å². The Balaban J connectivity index is 2.43. The molecular weight excluding hydrogens is 402 g/mol. The van der Waals surface area contributed by atoms with Crippen molar-refractivity contribution in [2.24, 2.45) is 5.41 Å². The van der Waals surface area contributed by atoms with Crippen molar-refractivity contribution in [1.29, 1.82) is 0 Å². The molecule has 2 amide bonds. The number of carbonyl (C=O) groups is 5. The van der Waals surface area contributed by atoms with E-state index in [4.69, 9.17) is 18.9 Å². The number of nitrogens with zero attached hydrogens (tertiary/aromatic N) is 1. The standard InChI is InChI=1S/C19H27NO10/c1-9(21)27-8-12-16(28-10(2)22)17(29-11(3)23)15(18(26)30-12)20-13(24)6-19(4,5)7-14(20)25/h12,15-18,26H,6-8H2,1-5H3/t12-,15-,16-,17-,18-/m1/s1. The summed E-state index contributed by atoms with van der Waals surface area (Å²) in [6, 6.07) is -1.44. The number of likely N-dealkylation sites (tertiary alicyclic amines) is 1. The first kappa shape index (κ1) is 23.7. The van der Waals surface area contributed by atoms with Gasteiger partial charge in [-0.1, -0.05) is 13.8 Å². The molecule has 0 aliphatic carbocycles. The summed E-state index contributed by atoms with van der Waals surface area (Å²) in [7, 11) is 0. The molecule has 2 aliphatic rings. The quantitative estimate of drug-likeness (QED) is 0.350. The van der Waals surface area contributed by atoms with Gasteiger partial charge in [0.15, 0.2) is 18.5 Å². The van der Waals surface area contributed by atoms with Crippen molar-refractivity contribution in [1.82, 2.24) is 4.90 Å². The molecule has 1 N–H and O–H groups in total. The van der Waals surface area contributed by atoms with E-state index in [2.05, 4.69) is 0 Å². The topological polar surface area (TPSA) is 146 Å². The third-order valence-electron chi connectivity index (χ3n) is 4.78. The normalized spacial score (nSPS) is 31.1. The molecule has 168 valence electrons. The molecule has 0 aromatic carbocycles. The molecular formula is C19H27NO10. The fourth-order valence-electron chi connectivity index (χ4n) is 3.70. The molecule has 0 aromatic rings. The van der Waals surface area contributed by atoms with Crippen LogP contribution in [0.5, 0.6) is 0 Å². The van der Waals surface area contributed by atoms with Gasteiger partial charge in [0.25, 0.3) is 0 Å². The molecule has 30 heavy (non-hydrogen) atoms. The number of piperidine rings is 1. The zero-order valence-corrected chi connectivity index (χ0v) is 17.6. The maximum Gasteiger partial charge on any atom is 0.303 e. The molecule has 0 spiro atoms.